The quantitative estimate of drug-likeness (QED) is 0.554. The molecule has 3 nitrogen and oxygen atoms in total. The van der Waals surface area contributed by atoms with Crippen LogP contribution in [0, 0.1) is 5.82 Å². The number of carbonyl (C=O) groups excluding carboxylic acids is 1. The second-order valence-corrected chi connectivity index (χ2v) is 2.99. The number of carbonyl (C=O) groups is 1. The van der Waals surface area contributed by atoms with Crippen LogP contribution in [0.25, 0.3) is 0 Å². The minimum absolute atomic E-state index is 0.266. The molecule has 0 bridgehead atoms. The first-order valence-electron chi connectivity index (χ1n) is 4.67. The van der Waals surface area contributed by atoms with E-state index in [2.05, 4.69) is 4.74 Å². The van der Waals surface area contributed by atoms with Gasteiger partial charge in [0, 0.05) is 12.5 Å². The summed E-state index contributed by atoms with van der Waals surface area (Å²) in [6, 6.07) is 5.89. The molecule has 0 atom stereocenters. The summed E-state index contributed by atoms with van der Waals surface area (Å²) in [5.41, 5.74) is 0. The number of hydrogen-bond donors (Lipinski definition) is 0. The van der Waals surface area contributed by atoms with E-state index in [4.69, 9.17) is 4.74 Å². The van der Waals surface area contributed by atoms with Gasteiger partial charge in [0.2, 0.25) is 0 Å². The highest BCUT2D eigenvalue weighted by atomic mass is 19.1. The van der Waals surface area contributed by atoms with E-state index in [-0.39, 0.29) is 11.8 Å². The van der Waals surface area contributed by atoms with Gasteiger partial charge in [-0.15, -0.1) is 0 Å². The topological polar surface area (TPSA) is 35.5 Å². The fourth-order valence-corrected chi connectivity index (χ4v) is 1.07. The van der Waals surface area contributed by atoms with Crippen LogP contribution in [0.5, 0.6) is 5.75 Å². The van der Waals surface area contributed by atoms with Crippen molar-refractivity contribution in [2.24, 2.45) is 0 Å². The molecule has 0 heterocycles. The van der Waals surface area contributed by atoms with Crippen LogP contribution in [-0.4, -0.2) is 19.7 Å². The lowest BCUT2D eigenvalue weighted by Gasteiger charge is -2.05. The summed E-state index contributed by atoms with van der Waals surface area (Å²) in [6.07, 6.45) is 0.870. The largest absolute Gasteiger partial charge is 0.493 e. The van der Waals surface area contributed by atoms with Crippen LogP contribution in [0.2, 0.25) is 0 Å². The Hall–Kier alpha value is -1.58. The van der Waals surface area contributed by atoms with Crippen LogP contribution < -0.4 is 4.74 Å². The lowest BCUT2D eigenvalue weighted by atomic mass is 10.3. The Kier molecular flexibility index (Phi) is 4.60. The van der Waals surface area contributed by atoms with E-state index < -0.39 is 0 Å². The summed E-state index contributed by atoms with van der Waals surface area (Å²) in [5.74, 6) is -0.127. The van der Waals surface area contributed by atoms with E-state index in [1.54, 1.807) is 12.1 Å². The van der Waals surface area contributed by atoms with Crippen molar-refractivity contribution in [2.45, 2.75) is 12.8 Å². The smallest absolute Gasteiger partial charge is 0.305 e. The molecule has 4 heteroatoms. The Morgan fingerprint density at radius 3 is 2.93 bits per heavy atom. The highest BCUT2D eigenvalue weighted by molar-refractivity contribution is 5.68. The average Bonchev–Trinajstić information content (AvgIpc) is 2.24. The molecule has 0 unspecified atom stereocenters. The maximum atomic E-state index is 12.7. The highest BCUT2D eigenvalue weighted by Crippen LogP contribution is 2.12. The molecule has 0 saturated carbocycles. The normalized spacial score (nSPS) is 9.73. The van der Waals surface area contributed by atoms with E-state index in [1.165, 1.54) is 19.2 Å². The molecule has 0 aromatic heterocycles. The molecule has 0 spiro atoms. The van der Waals surface area contributed by atoms with Gasteiger partial charge in [-0.25, -0.2) is 4.39 Å². The van der Waals surface area contributed by atoms with E-state index in [9.17, 15) is 9.18 Å². The molecular formula is C11H13FO3. The van der Waals surface area contributed by atoms with Gasteiger partial charge < -0.3 is 9.47 Å². The number of rotatable bonds is 5. The zero-order valence-corrected chi connectivity index (χ0v) is 8.53. The Morgan fingerprint density at radius 1 is 1.47 bits per heavy atom. The predicted molar refractivity (Wildman–Crippen MR) is 53.1 cm³/mol. The Bertz CT molecular complexity index is 325. The van der Waals surface area contributed by atoms with Gasteiger partial charge in [-0.2, -0.15) is 0 Å². The summed E-state index contributed by atoms with van der Waals surface area (Å²) in [4.78, 5) is 10.7. The molecule has 15 heavy (non-hydrogen) atoms. The van der Waals surface area contributed by atoms with Crippen LogP contribution in [0.1, 0.15) is 12.8 Å². The van der Waals surface area contributed by atoms with Crippen LogP contribution in [0.15, 0.2) is 24.3 Å². The minimum Gasteiger partial charge on any atom is -0.493 e. The van der Waals surface area contributed by atoms with Gasteiger partial charge in [0.25, 0.3) is 0 Å². The second-order valence-electron chi connectivity index (χ2n) is 2.99. The number of esters is 1. The molecule has 0 aliphatic carbocycles. The van der Waals surface area contributed by atoms with Crippen molar-refractivity contribution >= 4 is 5.97 Å². The molecule has 0 N–H and O–H groups in total. The van der Waals surface area contributed by atoms with Crippen LogP contribution in [0.4, 0.5) is 4.39 Å². The lowest BCUT2D eigenvalue weighted by Crippen LogP contribution is -2.04. The molecule has 82 valence electrons. The van der Waals surface area contributed by atoms with Crippen molar-refractivity contribution in [3.63, 3.8) is 0 Å². The Labute approximate surface area is 87.8 Å². The third-order valence-electron chi connectivity index (χ3n) is 1.82. The van der Waals surface area contributed by atoms with Gasteiger partial charge in [0.15, 0.2) is 0 Å². The minimum atomic E-state index is -0.333. The van der Waals surface area contributed by atoms with Gasteiger partial charge in [0.1, 0.15) is 11.6 Å². The molecule has 0 fully saturated rings. The summed E-state index contributed by atoms with van der Waals surface area (Å²) in [6.45, 7) is 0.374. The van der Waals surface area contributed by atoms with Crippen molar-refractivity contribution in [1.82, 2.24) is 0 Å². The molecular weight excluding hydrogens is 199 g/mol. The van der Waals surface area contributed by atoms with Gasteiger partial charge >= 0.3 is 5.97 Å². The van der Waals surface area contributed by atoms with E-state index >= 15 is 0 Å². The number of hydrogen-bond acceptors (Lipinski definition) is 3. The summed E-state index contributed by atoms with van der Waals surface area (Å²) in [5, 5.41) is 0. The van der Waals surface area contributed by atoms with Gasteiger partial charge in [0.05, 0.1) is 13.7 Å². The summed E-state index contributed by atoms with van der Waals surface area (Å²) >= 11 is 0. The second kappa shape index (κ2) is 6.01. The summed E-state index contributed by atoms with van der Waals surface area (Å²) < 4.78 is 22.4. The first-order valence-corrected chi connectivity index (χ1v) is 4.67. The summed E-state index contributed by atoms with van der Waals surface area (Å²) in [7, 11) is 1.34. The van der Waals surface area contributed by atoms with Crippen molar-refractivity contribution in [2.75, 3.05) is 13.7 Å². The molecule has 0 amide bonds. The zero-order chi connectivity index (χ0) is 11.1. The standard InChI is InChI=1S/C11H13FO3/c1-14-11(13)6-3-7-15-10-5-2-4-9(12)8-10/h2,4-5,8H,3,6-7H2,1H3. The van der Waals surface area contributed by atoms with Crippen molar-refractivity contribution < 1.29 is 18.7 Å². The van der Waals surface area contributed by atoms with E-state index in [0.717, 1.165) is 0 Å². The van der Waals surface area contributed by atoms with Crippen molar-refractivity contribution in [1.29, 1.82) is 0 Å². The fraction of sp³-hybridized carbons (Fsp3) is 0.364. The SMILES string of the molecule is COC(=O)CCCOc1cccc(F)c1. The van der Waals surface area contributed by atoms with Gasteiger partial charge in [-0.3, -0.25) is 4.79 Å². The first kappa shape index (κ1) is 11.5. The van der Waals surface area contributed by atoms with Crippen molar-refractivity contribution in [3.05, 3.63) is 30.1 Å². The van der Waals surface area contributed by atoms with Crippen LogP contribution in [-0.2, 0) is 9.53 Å². The molecule has 1 aromatic rings. The molecule has 0 saturated heterocycles. The number of methoxy groups -OCH3 is 1. The number of benzene rings is 1. The zero-order valence-electron chi connectivity index (χ0n) is 8.53. The third kappa shape index (κ3) is 4.44. The van der Waals surface area contributed by atoms with Crippen LogP contribution in [0.3, 0.4) is 0 Å². The monoisotopic (exact) mass is 212 g/mol. The lowest BCUT2D eigenvalue weighted by molar-refractivity contribution is -0.140. The Morgan fingerprint density at radius 2 is 2.27 bits per heavy atom. The van der Waals surface area contributed by atoms with Crippen molar-refractivity contribution in [3.8, 4) is 5.75 Å². The van der Waals surface area contributed by atoms with E-state index in [0.29, 0.717) is 25.2 Å². The van der Waals surface area contributed by atoms with E-state index in [1.807, 2.05) is 0 Å². The third-order valence-corrected chi connectivity index (χ3v) is 1.82. The fourth-order valence-electron chi connectivity index (χ4n) is 1.07. The van der Waals surface area contributed by atoms with Gasteiger partial charge in [-0.1, -0.05) is 6.07 Å². The van der Waals surface area contributed by atoms with Gasteiger partial charge in [-0.05, 0) is 18.6 Å². The average molecular weight is 212 g/mol. The molecule has 0 aliphatic rings. The number of ether oxygens (including phenoxy) is 2. The maximum Gasteiger partial charge on any atom is 0.305 e. The molecule has 1 aromatic carbocycles. The highest BCUT2D eigenvalue weighted by Gasteiger charge is 2.00. The Balaban J connectivity index is 2.23. The molecule has 0 aliphatic heterocycles. The number of halogens is 1. The molecule has 0 radical (unpaired) electrons. The predicted octanol–water partition coefficient (Wildman–Crippen LogP) is 2.16. The first-order chi connectivity index (χ1) is 7.22. The maximum absolute atomic E-state index is 12.7. The van der Waals surface area contributed by atoms with Crippen LogP contribution >= 0.6 is 0 Å². The molecule has 1 rings (SSSR count).